The molecule has 168 valence electrons. The fourth-order valence-electron chi connectivity index (χ4n) is 2.57. The van der Waals surface area contributed by atoms with Gasteiger partial charge in [-0.2, -0.15) is 0 Å². The minimum atomic E-state index is -3.83. The van der Waals surface area contributed by atoms with E-state index in [-0.39, 0.29) is 22.4 Å². The van der Waals surface area contributed by atoms with Gasteiger partial charge in [0.15, 0.2) is 17.5 Å². The molecule has 1 aromatic heterocycles. The summed E-state index contributed by atoms with van der Waals surface area (Å²) < 4.78 is 38.4. The number of benzene rings is 2. The lowest BCUT2D eigenvalue weighted by atomic mass is 10.2. The molecule has 0 aliphatic rings. The maximum Gasteiger partial charge on any atom is 0.264 e. The van der Waals surface area contributed by atoms with Gasteiger partial charge in [-0.25, -0.2) is 8.42 Å². The fourth-order valence-corrected chi connectivity index (χ4v) is 4.26. The molecule has 0 fully saturated rings. The monoisotopic (exact) mass is 538 g/mol. The minimum Gasteiger partial charge on any atom is -0.483 e. The average Bonchev–Trinajstić information content (AvgIpc) is 3.11. The largest absolute Gasteiger partial charge is 0.483 e. The van der Waals surface area contributed by atoms with Gasteiger partial charge in [0.1, 0.15) is 11.5 Å². The van der Waals surface area contributed by atoms with Gasteiger partial charge in [0, 0.05) is 16.2 Å². The number of hydrogen-bond donors (Lipinski definition) is 3. The van der Waals surface area contributed by atoms with Crippen molar-refractivity contribution in [2.75, 3.05) is 16.6 Å². The van der Waals surface area contributed by atoms with Crippen LogP contribution in [0, 0.1) is 13.8 Å². The van der Waals surface area contributed by atoms with Crippen molar-refractivity contribution in [1.29, 1.82) is 0 Å². The molecule has 0 saturated heterocycles. The van der Waals surface area contributed by atoms with Crippen molar-refractivity contribution >= 4 is 60.7 Å². The number of nitrogens with zero attached hydrogens (tertiary/aromatic N) is 1. The predicted octanol–water partition coefficient (Wildman–Crippen LogP) is 3.75. The summed E-state index contributed by atoms with van der Waals surface area (Å²) in [5.41, 5.74) is 1.38. The van der Waals surface area contributed by atoms with Crippen LogP contribution >= 0.6 is 28.1 Å². The van der Waals surface area contributed by atoms with Gasteiger partial charge in [-0.3, -0.25) is 14.8 Å². The molecule has 12 heteroatoms. The zero-order valence-corrected chi connectivity index (χ0v) is 20.2. The Morgan fingerprint density at radius 3 is 2.50 bits per heavy atom. The van der Waals surface area contributed by atoms with Crippen LogP contribution in [0.4, 0.5) is 11.5 Å². The summed E-state index contributed by atoms with van der Waals surface area (Å²) in [5.74, 6) is 0.730. The van der Waals surface area contributed by atoms with Crippen LogP contribution in [0.5, 0.6) is 5.75 Å². The normalized spacial score (nSPS) is 11.0. The van der Waals surface area contributed by atoms with Crippen molar-refractivity contribution in [1.82, 2.24) is 10.5 Å². The minimum absolute atomic E-state index is 0.0249. The van der Waals surface area contributed by atoms with Crippen molar-refractivity contribution in [3.05, 3.63) is 64.3 Å². The Hall–Kier alpha value is -2.96. The topological polar surface area (TPSA) is 123 Å². The molecule has 0 radical (unpaired) electrons. The van der Waals surface area contributed by atoms with Gasteiger partial charge >= 0.3 is 0 Å². The molecule has 1 heterocycles. The summed E-state index contributed by atoms with van der Waals surface area (Å²) in [4.78, 5) is 12.1. The number of aryl methyl sites for hydroxylation is 2. The summed E-state index contributed by atoms with van der Waals surface area (Å²) in [5, 5.41) is 8.98. The Morgan fingerprint density at radius 2 is 1.88 bits per heavy atom. The number of hydrogen-bond acceptors (Lipinski definition) is 7. The van der Waals surface area contributed by atoms with Gasteiger partial charge in [-0.15, -0.1) is 0 Å². The molecule has 0 aliphatic carbocycles. The Balaban J connectivity index is 1.52. The molecule has 3 rings (SSSR count). The summed E-state index contributed by atoms with van der Waals surface area (Å²) in [6.45, 7) is 3.31. The third-order valence-corrected chi connectivity index (χ3v) is 6.11. The first-order chi connectivity index (χ1) is 15.1. The number of amides is 1. The zero-order chi connectivity index (χ0) is 23.3. The highest BCUT2D eigenvalue weighted by atomic mass is 79.9. The van der Waals surface area contributed by atoms with Crippen LogP contribution in [-0.2, 0) is 14.8 Å². The van der Waals surface area contributed by atoms with Crippen LogP contribution in [0.15, 0.2) is 62.4 Å². The van der Waals surface area contributed by atoms with Crippen molar-refractivity contribution in [3.8, 4) is 5.75 Å². The molecule has 32 heavy (non-hydrogen) atoms. The number of thiocarbonyl (C=S) groups is 1. The molecular formula is C20H19BrN4O5S2. The SMILES string of the molecule is Cc1cc(NS(=O)(=O)c2ccc(NC(=S)NC(=O)COc3ccc(Br)cc3C)cc2)no1. The molecule has 0 unspecified atom stereocenters. The number of sulfonamides is 1. The standard InChI is InChI=1S/C20H19BrN4O5S2/c1-12-9-14(21)3-8-17(12)29-11-19(26)23-20(31)22-15-4-6-16(7-5-15)32(27,28)25-18-10-13(2)30-24-18/h3-10H,11H2,1-2H3,(H,24,25)(H2,22,23,26,31). The lowest BCUT2D eigenvalue weighted by Crippen LogP contribution is -2.37. The second kappa shape index (κ2) is 10.1. The number of carbonyl (C=O) groups excluding carboxylic acids is 1. The van der Waals surface area contributed by atoms with E-state index in [1.807, 2.05) is 19.1 Å². The molecule has 3 aromatic rings. The van der Waals surface area contributed by atoms with Crippen LogP contribution in [-0.4, -0.2) is 31.2 Å². The first kappa shape index (κ1) is 23.7. The molecular weight excluding hydrogens is 520 g/mol. The summed E-state index contributed by atoms with van der Waals surface area (Å²) in [7, 11) is -3.83. The summed E-state index contributed by atoms with van der Waals surface area (Å²) in [6.07, 6.45) is 0. The Kier molecular flexibility index (Phi) is 7.48. The van der Waals surface area contributed by atoms with Crippen LogP contribution in [0.25, 0.3) is 0 Å². The number of rotatable bonds is 7. The summed E-state index contributed by atoms with van der Waals surface area (Å²) in [6, 6.07) is 12.7. The molecule has 0 atom stereocenters. The van der Waals surface area contributed by atoms with Crippen molar-refractivity contribution < 1.29 is 22.5 Å². The molecule has 9 nitrogen and oxygen atoms in total. The molecule has 3 N–H and O–H groups in total. The molecule has 0 aliphatic heterocycles. The molecule has 0 saturated carbocycles. The molecule has 0 bridgehead atoms. The van der Waals surface area contributed by atoms with Gasteiger partial charge in [-0.05, 0) is 74.1 Å². The quantitative estimate of drug-likeness (QED) is 0.388. The molecule has 2 aromatic carbocycles. The Bertz CT molecular complexity index is 1240. The van der Waals surface area contributed by atoms with E-state index in [9.17, 15) is 13.2 Å². The molecule has 1 amide bonds. The maximum absolute atomic E-state index is 12.4. The van der Waals surface area contributed by atoms with Crippen molar-refractivity contribution in [3.63, 3.8) is 0 Å². The number of carbonyl (C=O) groups is 1. The Morgan fingerprint density at radius 1 is 1.16 bits per heavy atom. The second-order valence-electron chi connectivity index (χ2n) is 6.65. The van der Waals surface area contributed by atoms with Crippen LogP contribution in [0.2, 0.25) is 0 Å². The van der Waals surface area contributed by atoms with E-state index >= 15 is 0 Å². The molecule has 0 spiro atoms. The first-order valence-corrected chi connectivity index (χ1v) is 11.9. The van der Waals surface area contributed by atoms with Gasteiger partial charge in [0.25, 0.3) is 15.9 Å². The number of anilines is 2. The van der Waals surface area contributed by atoms with Gasteiger partial charge in [0.05, 0.1) is 4.90 Å². The maximum atomic E-state index is 12.4. The average molecular weight is 539 g/mol. The summed E-state index contributed by atoms with van der Waals surface area (Å²) >= 11 is 8.50. The Labute approximate surface area is 198 Å². The zero-order valence-electron chi connectivity index (χ0n) is 17.0. The third kappa shape index (κ3) is 6.52. The fraction of sp³-hybridized carbons (Fsp3) is 0.150. The van der Waals surface area contributed by atoms with Crippen LogP contribution in [0.3, 0.4) is 0 Å². The lowest BCUT2D eigenvalue weighted by molar-refractivity contribution is -0.121. The highest BCUT2D eigenvalue weighted by Gasteiger charge is 2.16. The van der Waals surface area contributed by atoms with E-state index in [1.54, 1.807) is 13.0 Å². The van der Waals surface area contributed by atoms with E-state index in [4.69, 9.17) is 21.5 Å². The van der Waals surface area contributed by atoms with E-state index in [1.165, 1.54) is 30.3 Å². The highest BCUT2D eigenvalue weighted by Crippen LogP contribution is 2.22. The first-order valence-electron chi connectivity index (χ1n) is 9.18. The van der Waals surface area contributed by atoms with Gasteiger partial charge in [-0.1, -0.05) is 21.1 Å². The van der Waals surface area contributed by atoms with E-state index in [0.29, 0.717) is 17.2 Å². The number of ether oxygens (including phenoxy) is 1. The van der Waals surface area contributed by atoms with Crippen molar-refractivity contribution in [2.45, 2.75) is 18.7 Å². The highest BCUT2D eigenvalue weighted by molar-refractivity contribution is 9.10. The number of nitrogens with one attached hydrogen (secondary N) is 3. The third-order valence-electron chi connectivity index (χ3n) is 4.04. The van der Waals surface area contributed by atoms with Crippen molar-refractivity contribution in [2.24, 2.45) is 0 Å². The number of aromatic nitrogens is 1. The van der Waals surface area contributed by atoms with E-state index in [0.717, 1.165) is 10.0 Å². The smallest absolute Gasteiger partial charge is 0.264 e. The number of halogens is 1. The lowest BCUT2D eigenvalue weighted by Gasteiger charge is -2.12. The second-order valence-corrected chi connectivity index (χ2v) is 9.66. The van der Waals surface area contributed by atoms with Gasteiger partial charge in [0.2, 0.25) is 0 Å². The van der Waals surface area contributed by atoms with Crippen LogP contribution in [0.1, 0.15) is 11.3 Å². The van der Waals surface area contributed by atoms with Crippen LogP contribution < -0.4 is 20.1 Å². The van der Waals surface area contributed by atoms with E-state index in [2.05, 4.69) is 36.4 Å². The predicted molar refractivity (Wildman–Crippen MR) is 127 cm³/mol. The van der Waals surface area contributed by atoms with Gasteiger partial charge < -0.3 is 14.6 Å². The van der Waals surface area contributed by atoms with E-state index < -0.39 is 15.9 Å².